The Hall–Kier alpha value is -3.42. The van der Waals surface area contributed by atoms with Crippen molar-refractivity contribution in [2.75, 3.05) is 5.32 Å². The number of hydrogen-bond donors (Lipinski definition) is 2. The van der Waals surface area contributed by atoms with E-state index in [-0.39, 0.29) is 27.3 Å². The maximum Gasteiger partial charge on any atom is 0.258 e. The molecule has 2 heterocycles. The number of amides is 1. The predicted octanol–water partition coefficient (Wildman–Crippen LogP) is 7.70. The Kier molecular flexibility index (Phi) is 5.69. The van der Waals surface area contributed by atoms with E-state index in [1.165, 1.54) is 12.1 Å². The number of aryl methyl sites for hydroxylation is 1. The van der Waals surface area contributed by atoms with E-state index < -0.39 is 5.82 Å². The maximum absolute atomic E-state index is 14.4. The lowest BCUT2D eigenvalue weighted by molar-refractivity contribution is 0.102. The Morgan fingerprint density at radius 1 is 1.08 bits per heavy atom. The fraction of sp³-hybridized carbons (Fsp3) is 0.222. The highest BCUT2D eigenvalue weighted by molar-refractivity contribution is 6.36. The summed E-state index contributed by atoms with van der Waals surface area (Å²) in [5, 5.41) is 3.50. The van der Waals surface area contributed by atoms with E-state index in [1.807, 2.05) is 19.1 Å². The minimum Gasteiger partial charge on any atom is -0.338 e. The van der Waals surface area contributed by atoms with Crippen LogP contribution in [0, 0.1) is 12.7 Å². The van der Waals surface area contributed by atoms with Crippen molar-refractivity contribution in [2.24, 2.45) is 0 Å². The monoisotopic (exact) mass is 521 g/mol. The molecule has 0 bridgehead atoms. The van der Waals surface area contributed by atoms with Crippen molar-refractivity contribution in [3.05, 3.63) is 75.5 Å². The van der Waals surface area contributed by atoms with Crippen LogP contribution in [-0.2, 0) is 0 Å². The quantitative estimate of drug-likeness (QED) is 0.254. The molecule has 2 aromatic heterocycles. The molecule has 9 heteroatoms. The average Bonchev–Trinajstić information content (AvgIpc) is 3.57. The third kappa shape index (κ3) is 3.92. The van der Waals surface area contributed by atoms with Crippen molar-refractivity contribution in [3.63, 3.8) is 0 Å². The molecule has 0 spiro atoms. The number of aromatic nitrogens is 4. The summed E-state index contributed by atoms with van der Waals surface area (Å²) in [4.78, 5) is 25.6. The number of halogens is 3. The van der Waals surface area contributed by atoms with Crippen molar-refractivity contribution >= 4 is 57.1 Å². The minimum absolute atomic E-state index is 0.151. The highest BCUT2D eigenvalue weighted by Gasteiger charge is 2.25. The molecule has 5 aromatic rings. The van der Waals surface area contributed by atoms with Crippen LogP contribution in [0.5, 0.6) is 0 Å². The van der Waals surface area contributed by atoms with E-state index in [4.69, 9.17) is 28.2 Å². The van der Waals surface area contributed by atoms with E-state index >= 15 is 0 Å². The molecule has 36 heavy (non-hydrogen) atoms. The van der Waals surface area contributed by atoms with Gasteiger partial charge in [-0.3, -0.25) is 10.1 Å². The molecule has 6 nitrogen and oxygen atoms in total. The topological polar surface area (TPSA) is 75.6 Å². The smallest absolute Gasteiger partial charge is 0.258 e. The maximum atomic E-state index is 14.4. The van der Waals surface area contributed by atoms with Crippen LogP contribution in [-0.4, -0.2) is 25.4 Å². The molecule has 182 valence electrons. The number of nitrogens with one attached hydrogen (secondary N) is 2. The summed E-state index contributed by atoms with van der Waals surface area (Å²) in [6, 6.07) is 14.0. The lowest BCUT2D eigenvalue weighted by atomic mass is 10.2. The summed E-state index contributed by atoms with van der Waals surface area (Å²) < 4.78 is 16.6. The van der Waals surface area contributed by atoms with Crippen LogP contribution in [0.15, 0.2) is 48.5 Å². The third-order valence-corrected chi connectivity index (χ3v) is 7.37. The van der Waals surface area contributed by atoms with Crippen molar-refractivity contribution in [3.8, 4) is 11.4 Å². The molecule has 1 saturated carbocycles. The van der Waals surface area contributed by atoms with Crippen LogP contribution in [0.1, 0.15) is 47.6 Å². The number of carbonyl (C=O) groups excluding carboxylic acids is 1. The number of imidazole rings is 2. The fourth-order valence-electron chi connectivity index (χ4n) is 5.05. The number of aromatic amines is 1. The Morgan fingerprint density at radius 3 is 2.67 bits per heavy atom. The molecule has 0 radical (unpaired) electrons. The lowest BCUT2D eigenvalue weighted by Crippen LogP contribution is -2.17. The van der Waals surface area contributed by atoms with Gasteiger partial charge >= 0.3 is 0 Å². The zero-order valence-corrected chi connectivity index (χ0v) is 20.9. The molecule has 0 saturated heterocycles. The van der Waals surface area contributed by atoms with E-state index in [0.717, 1.165) is 42.3 Å². The van der Waals surface area contributed by atoms with Gasteiger partial charge in [0.05, 0.1) is 32.2 Å². The Balaban J connectivity index is 1.38. The Morgan fingerprint density at radius 2 is 1.89 bits per heavy atom. The number of carbonyl (C=O) groups is 1. The molecule has 0 atom stereocenters. The Bertz CT molecular complexity index is 1630. The first kappa shape index (κ1) is 23.0. The molecular formula is C27H22Cl2FN5O. The van der Waals surface area contributed by atoms with Crippen molar-refractivity contribution in [2.45, 2.75) is 38.6 Å². The summed E-state index contributed by atoms with van der Waals surface area (Å²) >= 11 is 12.7. The van der Waals surface area contributed by atoms with Crippen molar-refractivity contribution < 1.29 is 9.18 Å². The second-order valence-corrected chi connectivity index (χ2v) is 10.0. The summed E-state index contributed by atoms with van der Waals surface area (Å²) in [5.74, 6) is -0.0834. The molecule has 1 fully saturated rings. The molecule has 1 amide bonds. The standard InChI is InChI=1S/C27H22Cl2FN5O/c1-14-9-10-20-22(11-14)35(16-5-2-3-6-16)27(32-20)34-26(36)15-12-18(29)24-21(13-15)31-25(33-24)23-17(28)7-4-8-19(23)30/h4,7-13,16H,2-3,5-6H2,1H3,(H,31,33)(H,32,34,36). The third-order valence-electron chi connectivity index (χ3n) is 6.76. The van der Waals surface area contributed by atoms with Gasteiger partial charge in [-0.1, -0.05) is 48.2 Å². The fourth-order valence-corrected chi connectivity index (χ4v) is 5.56. The van der Waals surface area contributed by atoms with Gasteiger partial charge in [-0.25, -0.2) is 14.4 Å². The van der Waals surface area contributed by atoms with Crippen LogP contribution in [0.3, 0.4) is 0 Å². The molecule has 2 N–H and O–H groups in total. The summed E-state index contributed by atoms with van der Waals surface area (Å²) in [6.45, 7) is 2.05. The van der Waals surface area contributed by atoms with Crippen molar-refractivity contribution in [1.29, 1.82) is 0 Å². The second-order valence-electron chi connectivity index (χ2n) is 9.23. The second kappa shape index (κ2) is 8.91. The number of rotatable bonds is 4. The van der Waals surface area contributed by atoms with Gasteiger partial charge in [-0.2, -0.15) is 0 Å². The van der Waals surface area contributed by atoms with Crippen LogP contribution in [0.4, 0.5) is 10.3 Å². The molecular weight excluding hydrogens is 500 g/mol. The minimum atomic E-state index is -0.503. The van der Waals surface area contributed by atoms with Gasteiger partial charge in [0.15, 0.2) is 0 Å². The van der Waals surface area contributed by atoms with Gasteiger partial charge in [0.1, 0.15) is 17.2 Å². The van der Waals surface area contributed by atoms with Crippen LogP contribution < -0.4 is 5.32 Å². The molecule has 0 unspecified atom stereocenters. The van der Waals surface area contributed by atoms with E-state index in [0.29, 0.717) is 28.6 Å². The zero-order chi connectivity index (χ0) is 25.0. The normalized spacial score (nSPS) is 14.2. The highest BCUT2D eigenvalue weighted by Crippen LogP contribution is 2.36. The summed E-state index contributed by atoms with van der Waals surface area (Å²) in [7, 11) is 0. The van der Waals surface area contributed by atoms with Crippen molar-refractivity contribution in [1.82, 2.24) is 19.5 Å². The highest BCUT2D eigenvalue weighted by atomic mass is 35.5. The van der Waals surface area contributed by atoms with Crippen LogP contribution in [0.2, 0.25) is 10.0 Å². The lowest BCUT2D eigenvalue weighted by Gasteiger charge is -2.17. The van der Waals surface area contributed by atoms with Crippen LogP contribution in [0.25, 0.3) is 33.5 Å². The van der Waals surface area contributed by atoms with Crippen LogP contribution >= 0.6 is 23.2 Å². The van der Waals surface area contributed by atoms with E-state index in [2.05, 4.69) is 25.9 Å². The molecule has 1 aliphatic carbocycles. The number of hydrogen-bond acceptors (Lipinski definition) is 3. The first-order valence-corrected chi connectivity index (χ1v) is 12.6. The number of fused-ring (bicyclic) bond motifs is 2. The average molecular weight is 522 g/mol. The molecule has 6 rings (SSSR count). The van der Waals surface area contributed by atoms with Gasteiger partial charge in [-0.05, 0) is 61.7 Å². The molecule has 3 aromatic carbocycles. The Labute approximate surface area is 216 Å². The van der Waals surface area contributed by atoms with Gasteiger partial charge in [0, 0.05) is 11.6 Å². The first-order valence-electron chi connectivity index (χ1n) is 11.8. The van der Waals surface area contributed by atoms with Gasteiger partial charge in [0.25, 0.3) is 5.91 Å². The number of benzene rings is 3. The first-order chi connectivity index (χ1) is 17.4. The number of H-pyrrole nitrogens is 1. The van der Waals surface area contributed by atoms with E-state index in [9.17, 15) is 9.18 Å². The summed E-state index contributed by atoms with van der Waals surface area (Å²) in [5.41, 5.74) is 4.42. The predicted molar refractivity (Wildman–Crippen MR) is 141 cm³/mol. The van der Waals surface area contributed by atoms with Gasteiger partial charge < -0.3 is 9.55 Å². The largest absolute Gasteiger partial charge is 0.338 e. The number of nitrogens with zero attached hydrogens (tertiary/aromatic N) is 3. The van der Waals surface area contributed by atoms with Gasteiger partial charge in [-0.15, -0.1) is 0 Å². The SMILES string of the molecule is Cc1ccc2nc(NC(=O)c3cc(Cl)c4nc(-c5c(F)cccc5Cl)[nH]c4c3)n(C3CCCC3)c2c1. The summed E-state index contributed by atoms with van der Waals surface area (Å²) in [6.07, 6.45) is 4.42. The molecule has 0 aliphatic heterocycles. The van der Waals surface area contributed by atoms with Gasteiger partial charge in [0.2, 0.25) is 5.95 Å². The molecule has 1 aliphatic rings. The zero-order valence-electron chi connectivity index (χ0n) is 19.4. The number of anilines is 1. The van der Waals surface area contributed by atoms with E-state index in [1.54, 1.807) is 18.2 Å².